The van der Waals surface area contributed by atoms with Crippen molar-refractivity contribution < 1.29 is 9.53 Å². The van der Waals surface area contributed by atoms with Gasteiger partial charge in [0, 0.05) is 36.4 Å². The number of thioether (sulfide) groups is 1. The minimum Gasteiger partial charge on any atom is -0.467 e. The largest absolute Gasteiger partial charge is 0.467 e. The van der Waals surface area contributed by atoms with Crippen molar-refractivity contribution in [2.24, 2.45) is 0 Å². The fourth-order valence-corrected chi connectivity index (χ4v) is 4.79. The number of likely N-dealkylation sites (tertiary alicyclic amines) is 1. The lowest BCUT2D eigenvalue weighted by Gasteiger charge is -2.31. The molecule has 1 saturated heterocycles. The van der Waals surface area contributed by atoms with Crippen LogP contribution in [0.25, 0.3) is 10.2 Å². The van der Waals surface area contributed by atoms with E-state index in [4.69, 9.17) is 4.74 Å². The van der Waals surface area contributed by atoms with E-state index in [1.54, 1.807) is 23.1 Å². The lowest BCUT2D eigenvalue weighted by Crippen LogP contribution is -2.41. The van der Waals surface area contributed by atoms with Crippen LogP contribution in [0.2, 0.25) is 0 Å². The van der Waals surface area contributed by atoms with E-state index in [2.05, 4.69) is 30.1 Å². The molecule has 0 radical (unpaired) electrons. The highest BCUT2D eigenvalue weighted by Crippen LogP contribution is 2.31. The predicted octanol–water partition coefficient (Wildman–Crippen LogP) is 5.01. The second-order valence-corrected chi connectivity index (χ2v) is 8.62. The minimum atomic E-state index is 0.111. The van der Waals surface area contributed by atoms with Crippen molar-refractivity contribution in [3.8, 4) is 5.19 Å². The normalized spacial score (nSPS) is 15.3. The molecule has 3 aromatic rings. The highest BCUT2D eigenvalue weighted by molar-refractivity contribution is 7.98. The van der Waals surface area contributed by atoms with Gasteiger partial charge in [-0.25, -0.2) is 4.98 Å². The van der Waals surface area contributed by atoms with Gasteiger partial charge in [-0.15, -0.1) is 11.8 Å². The summed E-state index contributed by atoms with van der Waals surface area (Å²) in [7, 11) is 0. The topological polar surface area (TPSA) is 42.4 Å². The molecule has 0 saturated carbocycles. The minimum absolute atomic E-state index is 0.111. The van der Waals surface area contributed by atoms with Gasteiger partial charge in [0.1, 0.15) is 6.10 Å². The van der Waals surface area contributed by atoms with Gasteiger partial charge in [0.2, 0.25) is 0 Å². The summed E-state index contributed by atoms with van der Waals surface area (Å²) < 4.78 is 7.29. The summed E-state index contributed by atoms with van der Waals surface area (Å²) in [5, 5.41) is 0.733. The summed E-state index contributed by atoms with van der Waals surface area (Å²) in [6.07, 6.45) is 3.81. The van der Waals surface area contributed by atoms with Gasteiger partial charge in [0.25, 0.3) is 11.1 Å². The monoisotopic (exact) mass is 398 g/mol. The van der Waals surface area contributed by atoms with Crippen molar-refractivity contribution in [2.45, 2.75) is 30.8 Å². The van der Waals surface area contributed by atoms with Crippen LogP contribution in [0.3, 0.4) is 0 Å². The highest BCUT2D eigenvalue weighted by atomic mass is 32.2. The number of ether oxygens (including phenoxy) is 1. The molecule has 0 aliphatic carbocycles. The molecule has 0 atom stereocenters. The van der Waals surface area contributed by atoms with Crippen molar-refractivity contribution >= 4 is 39.2 Å². The van der Waals surface area contributed by atoms with Crippen molar-refractivity contribution in [2.75, 3.05) is 19.3 Å². The number of aryl methyl sites for hydroxylation is 1. The molecule has 1 fully saturated rings. The molecular weight excluding hydrogens is 376 g/mol. The van der Waals surface area contributed by atoms with Gasteiger partial charge in [-0.05, 0) is 43.0 Å². The van der Waals surface area contributed by atoms with E-state index < -0.39 is 0 Å². The summed E-state index contributed by atoms with van der Waals surface area (Å²) >= 11 is 3.25. The lowest BCUT2D eigenvalue weighted by molar-refractivity contribution is 0.0595. The third-order valence-corrected chi connectivity index (χ3v) is 6.55. The smallest absolute Gasteiger partial charge is 0.274 e. The second-order valence-electron chi connectivity index (χ2n) is 6.74. The Morgan fingerprint density at radius 1 is 1.22 bits per heavy atom. The molecule has 1 aromatic heterocycles. The number of carbonyl (C=O) groups is 1. The van der Waals surface area contributed by atoms with Gasteiger partial charge in [-0.2, -0.15) is 0 Å². The van der Waals surface area contributed by atoms with Crippen LogP contribution in [-0.4, -0.2) is 41.2 Å². The zero-order chi connectivity index (χ0) is 18.8. The molecule has 140 valence electrons. The van der Waals surface area contributed by atoms with Crippen molar-refractivity contribution in [3.05, 3.63) is 53.6 Å². The zero-order valence-electron chi connectivity index (χ0n) is 15.5. The fraction of sp³-hybridized carbons (Fsp3) is 0.333. The second kappa shape index (κ2) is 7.90. The maximum absolute atomic E-state index is 12.8. The average molecular weight is 399 g/mol. The first-order valence-electron chi connectivity index (χ1n) is 9.10. The van der Waals surface area contributed by atoms with E-state index in [0.29, 0.717) is 0 Å². The van der Waals surface area contributed by atoms with Crippen molar-refractivity contribution in [1.29, 1.82) is 0 Å². The number of hydrogen-bond donors (Lipinski definition) is 0. The number of benzene rings is 2. The van der Waals surface area contributed by atoms with E-state index >= 15 is 0 Å². The highest BCUT2D eigenvalue weighted by Gasteiger charge is 2.25. The number of fused-ring (bicyclic) bond motifs is 1. The number of rotatable bonds is 4. The Morgan fingerprint density at radius 2 is 2.00 bits per heavy atom. The molecule has 27 heavy (non-hydrogen) atoms. The maximum atomic E-state index is 12.8. The lowest BCUT2D eigenvalue weighted by atomic mass is 10.1. The predicted molar refractivity (Wildman–Crippen MR) is 112 cm³/mol. The third-order valence-electron chi connectivity index (χ3n) is 4.91. The van der Waals surface area contributed by atoms with Crippen LogP contribution in [0.1, 0.15) is 28.8 Å². The number of aromatic nitrogens is 1. The first-order chi connectivity index (χ1) is 13.1. The number of amides is 1. The van der Waals surface area contributed by atoms with Crippen LogP contribution in [0.4, 0.5) is 0 Å². The third kappa shape index (κ3) is 3.96. The first kappa shape index (κ1) is 18.3. The molecular formula is C21H22N2O2S2. The number of nitrogens with zero attached hydrogens (tertiary/aromatic N) is 2. The molecule has 2 aromatic carbocycles. The van der Waals surface area contributed by atoms with Gasteiger partial charge in [0.05, 0.1) is 10.2 Å². The van der Waals surface area contributed by atoms with E-state index in [1.807, 2.05) is 35.4 Å². The van der Waals surface area contributed by atoms with E-state index in [1.165, 1.54) is 5.56 Å². The van der Waals surface area contributed by atoms with Crippen molar-refractivity contribution in [1.82, 2.24) is 9.88 Å². The maximum Gasteiger partial charge on any atom is 0.274 e. The Bertz CT molecular complexity index is 962. The molecule has 0 unspecified atom stereocenters. The summed E-state index contributed by atoms with van der Waals surface area (Å²) in [4.78, 5) is 20.4. The molecule has 1 aliphatic rings. The Morgan fingerprint density at radius 3 is 2.74 bits per heavy atom. The summed E-state index contributed by atoms with van der Waals surface area (Å²) in [6, 6.07) is 14.0. The van der Waals surface area contributed by atoms with Crippen LogP contribution in [0.5, 0.6) is 5.19 Å². The van der Waals surface area contributed by atoms with Crippen LogP contribution < -0.4 is 4.74 Å². The van der Waals surface area contributed by atoms with Crippen LogP contribution >= 0.6 is 23.1 Å². The van der Waals surface area contributed by atoms with Crippen molar-refractivity contribution in [3.63, 3.8) is 0 Å². The summed E-state index contributed by atoms with van der Waals surface area (Å²) in [5.74, 6) is 0.111. The van der Waals surface area contributed by atoms with Gasteiger partial charge in [-0.1, -0.05) is 29.5 Å². The van der Waals surface area contributed by atoms with Gasteiger partial charge >= 0.3 is 0 Å². The molecule has 0 N–H and O–H groups in total. The molecule has 1 amide bonds. The van der Waals surface area contributed by atoms with Gasteiger partial charge in [-0.3, -0.25) is 4.79 Å². The molecule has 4 rings (SSSR count). The van der Waals surface area contributed by atoms with E-state index in [-0.39, 0.29) is 12.0 Å². The standard InChI is InChI=1S/C21H22N2O2S2/c1-14-5-3-8-18-19(14)22-21(27-18)25-16-9-11-23(12-10-16)20(24)15-6-4-7-17(13-15)26-2/h3-8,13,16H,9-12H2,1-2H3. The molecule has 1 aliphatic heterocycles. The SMILES string of the molecule is CSc1cccc(C(=O)N2CCC(Oc3nc4c(C)cccc4s3)CC2)c1. The number of para-hydroxylation sites is 1. The Balaban J connectivity index is 1.38. The Hall–Kier alpha value is -2.05. The number of carbonyl (C=O) groups excluding carboxylic acids is 1. The van der Waals surface area contributed by atoms with Gasteiger partial charge in [0.15, 0.2) is 0 Å². The van der Waals surface area contributed by atoms with Crippen LogP contribution in [0, 0.1) is 6.92 Å². The van der Waals surface area contributed by atoms with Crippen LogP contribution in [-0.2, 0) is 0 Å². The first-order valence-corrected chi connectivity index (χ1v) is 11.1. The molecule has 6 heteroatoms. The van der Waals surface area contributed by atoms with Crippen LogP contribution in [0.15, 0.2) is 47.4 Å². The molecule has 2 heterocycles. The van der Waals surface area contributed by atoms with E-state index in [0.717, 1.165) is 51.8 Å². The number of hydrogen-bond acceptors (Lipinski definition) is 5. The average Bonchev–Trinajstić information content (AvgIpc) is 3.12. The molecule has 0 bridgehead atoms. The van der Waals surface area contributed by atoms with E-state index in [9.17, 15) is 4.79 Å². The molecule has 4 nitrogen and oxygen atoms in total. The zero-order valence-corrected chi connectivity index (χ0v) is 17.1. The Kier molecular flexibility index (Phi) is 5.36. The number of thiazole rings is 1. The Labute approximate surface area is 167 Å². The fourth-order valence-electron chi connectivity index (χ4n) is 3.37. The molecule has 0 spiro atoms. The summed E-state index contributed by atoms with van der Waals surface area (Å²) in [5.41, 5.74) is 2.97. The van der Waals surface area contributed by atoms with Gasteiger partial charge < -0.3 is 9.64 Å². The summed E-state index contributed by atoms with van der Waals surface area (Å²) in [6.45, 7) is 3.51. The quantitative estimate of drug-likeness (QED) is 0.579. The number of piperidine rings is 1.